The molecule has 2 aliphatic rings. The van der Waals surface area contributed by atoms with Gasteiger partial charge in [0.2, 0.25) is 0 Å². The molecule has 1 saturated carbocycles. The lowest BCUT2D eigenvalue weighted by atomic mass is 10.2. The van der Waals surface area contributed by atoms with E-state index >= 15 is 0 Å². The first-order chi connectivity index (χ1) is 9.44. The number of likely N-dealkylation sites (N-methyl/N-ethyl adjacent to an activating group) is 1. The summed E-state index contributed by atoms with van der Waals surface area (Å²) in [6.45, 7) is 7.88. The number of morpholine rings is 1. The Labute approximate surface area is 122 Å². The van der Waals surface area contributed by atoms with Gasteiger partial charge in [-0.3, -0.25) is 4.90 Å². The van der Waals surface area contributed by atoms with Gasteiger partial charge in [-0.1, -0.05) is 0 Å². The van der Waals surface area contributed by atoms with Gasteiger partial charge >= 0.3 is 0 Å². The van der Waals surface area contributed by atoms with Crippen LogP contribution >= 0.6 is 0 Å². The topological polar surface area (TPSA) is 56.2 Å². The summed E-state index contributed by atoms with van der Waals surface area (Å²) in [6.07, 6.45) is 2.18. The molecule has 0 aromatic rings. The third-order valence-electron chi connectivity index (χ3n) is 4.15. The van der Waals surface area contributed by atoms with Crippen LogP contribution in [-0.2, 0) is 4.74 Å². The van der Waals surface area contributed by atoms with Crippen LogP contribution in [0.25, 0.3) is 0 Å². The monoisotopic (exact) mass is 286 g/mol. The van der Waals surface area contributed by atoms with E-state index in [1.807, 2.05) is 11.9 Å². The van der Waals surface area contributed by atoms with Gasteiger partial charge in [0.15, 0.2) is 0 Å². The van der Waals surface area contributed by atoms with Crippen LogP contribution in [0.4, 0.5) is 0 Å². The lowest BCUT2D eigenvalue weighted by Crippen LogP contribution is -2.49. The van der Waals surface area contributed by atoms with E-state index < -0.39 is 0 Å². The van der Waals surface area contributed by atoms with Crippen molar-refractivity contribution in [1.82, 2.24) is 9.80 Å². The van der Waals surface area contributed by atoms with Gasteiger partial charge in [0.25, 0.3) is 0 Å². The molecule has 2 N–H and O–H groups in total. The Balaban J connectivity index is 1.67. The van der Waals surface area contributed by atoms with E-state index in [9.17, 15) is 10.2 Å². The predicted molar refractivity (Wildman–Crippen MR) is 78.7 cm³/mol. The van der Waals surface area contributed by atoms with Crippen molar-refractivity contribution in [3.8, 4) is 0 Å². The van der Waals surface area contributed by atoms with Crippen molar-refractivity contribution in [2.24, 2.45) is 5.92 Å². The molecule has 118 valence electrons. The number of hydrogen-bond donors (Lipinski definition) is 2. The Morgan fingerprint density at radius 3 is 2.30 bits per heavy atom. The van der Waals surface area contributed by atoms with Crippen LogP contribution in [0.5, 0.6) is 0 Å². The smallest absolute Gasteiger partial charge is 0.0793 e. The maximum absolute atomic E-state index is 10.2. The largest absolute Gasteiger partial charge is 0.392 e. The van der Waals surface area contributed by atoms with Crippen molar-refractivity contribution in [3.63, 3.8) is 0 Å². The van der Waals surface area contributed by atoms with Crippen LogP contribution in [-0.4, -0.2) is 84.2 Å². The minimum atomic E-state index is -0.371. The van der Waals surface area contributed by atoms with Crippen molar-refractivity contribution in [2.75, 3.05) is 39.8 Å². The fourth-order valence-electron chi connectivity index (χ4n) is 3.17. The molecule has 1 aliphatic carbocycles. The summed E-state index contributed by atoms with van der Waals surface area (Å²) in [5, 5.41) is 20.1. The van der Waals surface area contributed by atoms with Crippen molar-refractivity contribution in [2.45, 2.75) is 51.1 Å². The quantitative estimate of drug-likeness (QED) is 0.698. The average Bonchev–Trinajstić information content (AvgIpc) is 3.09. The zero-order chi connectivity index (χ0) is 14.7. The molecule has 1 saturated heterocycles. The lowest BCUT2D eigenvalue weighted by Gasteiger charge is -2.36. The standard InChI is InChI=1S/C15H30N2O3/c1-11-6-17(7-12(2)20-11)9-14(18)8-16(3)10-15(19)13-4-5-13/h11-15,18-19H,4-10H2,1-3H3. The predicted octanol–water partition coefficient (Wildman–Crippen LogP) is 0.159. The Morgan fingerprint density at radius 1 is 1.15 bits per heavy atom. The Hall–Kier alpha value is -0.200. The average molecular weight is 286 g/mol. The van der Waals surface area contributed by atoms with E-state index in [1.54, 1.807) is 0 Å². The van der Waals surface area contributed by atoms with Crippen LogP contribution in [0.3, 0.4) is 0 Å². The highest BCUT2D eigenvalue weighted by atomic mass is 16.5. The van der Waals surface area contributed by atoms with Crippen LogP contribution in [0.15, 0.2) is 0 Å². The molecule has 20 heavy (non-hydrogen) atoms. The lowest BCUT2D eigenvalue weighted by molar-refractivity contribution is -0.0780. The van der Waals surface area contributed by atoms with Crippen LogP contribution < -0.4 is 0 Å². The summed E-state index contributed by atoms with van der Waals surface area (Å²) < 4.78 is 5.70. The molecule has 0 spiro atoms. The number of rotatable bonds is 7. The summed E-state index contributed by atoms with van der Waals surface area (Å²) in [7, 11) is 1.97. The van der Waals surface area contributed by atoms with Gasteiger partial charge in [0, 0.05) is 32.7 Å². The SMILES string of the molecule is CC1CN(CC(O)CN(C)CC(O)C2CC2)CC(C)O1. The molecule has 1 heterocycles. The molecule has 5 nitrogen and oxygen atoms in total. The molecule has 1 aliphatic heterocycles. The minimum Gasteiger partial charge on any atom is -0.392 e. The molecule has 2 fully saturated rings. The molecule has 4 unspecified atom stereocenters. The van der Waals surface area contributed by atoms with Gasteiger partial charge in [0.05, 0.1) is 24.4 Å². The third kappa shape index (κ3) is 5.30. The fourth-order valence-corrected chi connectivity index (χ4v) is 3.17. The molecule has 0 amide bonds. The van der Waals surface area contributed by atoms with Gasteiger partial charge < -0.3 is 19.8 Å². The highest BCUT2D eigenvalue weighted by molar-refractivity contribution is 4.83. The van der Waals surface area contributed by atoms with Crippen molar-refractivity contribution in [1.29, 1.82) is 0 Å². The number of aliphatic hydroxyl groups is 2. The number of β-amino-alcohol motifs (C(OH)–C–C–N with tert-alkyl or cyclic N) is 1. The van der Waals surface area contributed by atoms with Gasteiger partial charge in [-0.25, -0.2) is 0 Å². The molecule has 4 atom stereocenters. The number of nitrogens with zero attached hydrogens (tertiary/aromatic N) is 2. The Kier molecular flexibility index (Phi) is 5.81. The van der Waals surface area contributed by atoms with E-state index in [1.165, 1.54) is 0 Å². The van der Waals surface area contributed by atoms with Crippen molar-refractivity contribution >= 4 is 0 Å². The van der Waals surface area contributed by atoms with E-state index in [2.05, 4.69) is 18.7 Å². The summed E-state index contributed by atoms with van der Waals surface area (Å²) in [4.78, 5) is 4.32. The maximum atomic E-state index is 10.2. The second-order valence-electron chi connectivity index (χ2n) is 6.76. The Morgan fingerprint density at radius 2 is 1.75 bits per heavy atom. The first-order valence-electron chi connectivity index (χ1n) is 7.86. The van der Waals surface area contributed by atoms with E-state index in [4.69, 9.17) is 4.74 Å². The molecule has 5 heteroatoms. The minimum absolute atomic E-state index is 0.226. The molecule has 0 bridgehead atoms. The number of hydrogen-bond acceptors (Lipinski definition) is 5. The van der Waals surface area contributed by atoms with Gasteiger partial charge in [-0.05, 0) is 39.7 Å². The normalized spacial score (nSPS) is 31.5. The first kappa shape index (κ1) is 16.2. The van der Waals surface area contributed by atoms with E-state index in [0.717, 1.165) is 25.9 Å². The van der Waals surface area contributed by atoms with E-state index in [0.29, 0.717) is 25.6 Å². The Bertz CT molecular complexity index is 289. The third-order valence-corrected chi connectivity index (χ3v) is 4.15. The zero-order valence-electron chi connectivity index (χ0n) is 13.0. The van der Waals surface area contributed by atoms with Crippen LogP contribution in [0.1, 0.15) is 26.7 Å². The van der Waals surface area contributed by atoms with E-state index in [-0.39, 0.29) is 24.4 Å². The van der Waals surface area contributed by atoms with Gasteiger partial charge in [-0.15, -0.1) is 0 Å². The van der Waals surface area contributed by atoms with Crippen LogP contribution in [0.2, 0.25) is 0 Å². The number of aliphatic hydroxyl groups excluding tert-OH is 2. The molecule has 0 aromatic heterocycles. The molecule has 2 rings (SSSR count). The molecule has 0 radical (unpaired) electrons. The summed E-state index contributed by atoms with van der Waals surface area (Å²) in [5.74, 6) is 0.496. The summed E-state index contributed by atoms with van der Waals surface area (Å²) >= 11 is 0. The van der Waals surface area contributed by atoms with Crippen LogP contribution in [0, 0.1) is 5.92 Å². The second kappa shape index (κ2) is 7.18. The van der Waals surface area contributed by atoms with Gasteiger partial charge in [-0.2, -0.15) is 0 Å². The van der Waals surface area contributed by atoms with Crippen molar-refractivity contribution < 1.29 is 14.9 Å². The molecular formula is C15H30N2O3. The van der Waals surface area contributed by atoms with Gasteiger partial charge in [0.1, 0.15) is 0 Å². The summed E-state index contributed by atoms with van der Waals surface area (Å²) in [5.41, 5.74) is 0. The highest BCUT2D eigenvalue weighted by Gasteiger charge is 2.30. The maximum Gasteiger partial charge on any atom is 0.0793 e. The van der Waals surface area contributed by atoms with Crippen molar-refractivity contribution in [3.05, 3.63) is 0 Å². The first-order valence-corrected chi connectivity index (χ1v) is 7.86. The fraction of sp³-hybridized carbons (Fsp3) is 1.00. The highest BCUT2D eigenvalue weighted by Crippen LogP contribution is 2.32. The zero-order valence-corrected chi connectivity index (χ0v) is 13.0. The molecule has 0 aromatic carbocycles. The molecular weight excluding hydrogens is 256 g/mol. The second-order valence-corrected chi connectivity index (χ2v) is 6.76. The number of ether oxygens (including phenoxy) is 1. The summed E-state index contributed by atoms with van der Waals surface area (Å²) in [6, 6.07) is 0.